The Morgan fingerprint density at radius 2 is 1.61 bits per heavy atom. The number of carbonyl (C=O) groups excluding carboxylic acids is 1. The van der Waals surface area contributed by atoms with Crippen LogP contribution in [0.15, 0.2) is 91.0 Å². The van der Waals surface area contributed by atoms with E-state index in [0.717, 1.165) is 42.3 Å². The Balaban J connectivity index is 1.36. The van der Waals surface area contributed by atoms with E-state index in [4.69, 9.17) is 4.74 Å². The summed E-state index contributed by atoms with van der Waals surface area (Å²) in [6.45, 7) is 5.66. The first-order valence-corrected chi connectivity index (χ1v) is 12.9. The van der Waals surface area contributed by atoms with Gasteiger partial charge in [0.25, 0.3) is 5.91 Å². The van der Waals surface area contributed by atoms with Crippen LogP contribution < -0.4 is 4.74 Å². The fraction of sp³-hybridized carbons (Fsp3) is 0.219. The summed E-state index contributed by atoms with van der Waals surface area (Å²) in [6.07, 6.45) is 4.31. The molecule has 0 bridgehead atoms. The first-order valence-electron chi connectivity index (χ1n) is 12.9. The highest BCUT2D eigenvalue weighted by molar-refractivity contribution is 5.97. The van der Waals surface area contributed by atoms with Gasteiger partial charge in [-0.05, 0) is 60.5 Å². The molecule has 0 N–H and O–H groups in total. The minimum Gasteiger partial charge on any atom is -0.497 e. The summed E-state index contributed by atoms with van der Waals surface area (Å²) in [7, 11) is 1.62. The van der Waals surface area contributed by atoms with Crippen molar-refractivity contribution in [2.24, 2.45) is 0 Å². The fourth-order valence-electron chi connectivity index (χ4n) is 4.95. The third kappa shape index (κ3) is 5.41. The lowest BCUT2D eigenvalue weighted by Gasteiger charge is -2.34. The van der Waals surface area contributed by atoms with Crippen molar-refractivity contribution in [3.8, 4) is 22.7 Å². The lowest BCUT2D eigenvalue weighted by atomic mass is 10.1. The van der Waals surface area contributed by atoms with Gasteiger partial charge in [-0.25, -0.2) is 4.39 Å². The molecule has 5 nitrogen and oxygen atoms in total. The fourth-order valence-corrected chi connectivity index (χ4v) is 4.95. The summed E-state index contributed by atoms with van der Waals surface area (Å²) in [5.74, 6) is 0.381. The van der Waals surface area contributed by atoms with E-state index in [1.807, 2.05) is 71.0 Å². The molecule has 0 saturated carbocycles. The number of para-hydroxylation sites is 1. The Morgan fingerprint density at radius 3 is 2.29 bits per heavy atom. The molecular formula is C32H32FN3O2. The Hall–Kier alpha value is -4.16. The predicted octanol–water partition coefficient (Wildman–Crippen LogP) is 6.07. The molecule has 1 fully saturated rings. The molecule has 1 aromatic heterocycles. The molecule has 1 saturated heterocycles. The maximum Gasteiger partial charge on any atom is 0.255 e. The SMILES string of the molecule is COc1ccc(-c2cc(C(=O)N3CCN(C/C=C/c4ccccc4)CC3)c(C)n2-c2ccccc2F)cc1. The number of rotatable bonds is 7. The molecule has 0 radical (unpaired) electrons. The second kappa shape index (κ2) is 11.5. The number of hydrogen-bond donors (Lipinski definition) is 0. The number of ether oxygens (including phenoxy) is 1. The van der Waals surface area contributed by atoms with Crippen LogP contribution in [0.1, 0.15) is 21.6 Å². The molecule has 0 unspecified atom stereocenters. The van der Waals surface area contributed by atoms with E-state index < -0.39 is 0 Å². The maximum atomic E-state index is 14.9. The molecule has 1 aliphatic heterocycles. The highest BCUT2D eigenvalue weighted by Crippen LogP contribution is 2.32. The monoisotopic (exact) mass is 509 g/mol. The van der Waals surface area contributed by atoms with E-state index in [9.17, 15) is 9.18 Å². The van der Waals surface area contributed by atoms with Crippen LogP contribution in [0.3, 0.4) is 0 Å². The molecule has 0 aliphatic carbocycles. The van der Waals surface area contributed by atoms with E-state index in [1.165, 1.54) is 11.6 Å². The summed E-state index contributed by atoms with van der Waals surface area (Å²) in [6, 6.07) is 26.4. The van der Waals surface area contributed by atoms with Crippen LogP contribution in [0.4, 0.5) is 4.39 Å². The minimum absolute atomic E-state index is 0.0215. The Labute approximate surface area is 223 Å². The van der Waals surface area contributed by atoms with Gasteiger partial charge in [-0.3, -0.25) is 9.69 Å². The summed E-state index contributed by atoms with van der Waals surface area (Å²) in [5.41, 5.74) is 4.57. The van der Waals surface area contributed by atoms with Crippen LogP contribution in [0, 0.1) is 12.7 Å². The van der Waals surface area contributed by atoms with Crippen LogP contribution in [0.25, 0.3) is 23.0 Å². The van der Waals surface area contributed by atoms with Gasteiger partial charge in [-0.2, -0.15) is 0 Å². The Bertz CT molecular complexity index is 1420. The summed E-state index contributed by atoms with van der Waals surface area (Å²) in [4.78, 5) is 18.0. The van der Waals surface area contributed by atoms with Gasteiger partial charge in [-0.1, -0.05) is 54.6 Å². The normalized spacial score (nSPS) is 14.2. The standard InChI is InChI=1S/C32H32FN3O2/c1-24-28(32(37)35-21-19-34(20-22-35)18-8-11-25-9-4-3-5-10-25)23-31(26-14-16-27(38-2)17-15-26)36(24)30-13-7-6-12-29(30)33/h3-17,23H,18-22H2,1-2H3/b11-8+. The van der Waals surface area contributed by atoms with Crippen LogP contribution in [0.2, 0.25) is 0 Å². The summed E-state index contributed by atoms with van der Waals surface area (Å²) >= 11 is 0. The second-order valence-corrected chi connectivity index (χ2v) is 9.45. The summed E-state index contributed by atoms with van der Waals surface area (Å²) in [5, 5.41) is 0. The van der Waals surface area contributed by atoms with Crippen molar-refractivity contribution >= 4 is 12.0 Å². The number of hydrogen-bond acceptors (Lipinski definition) is 3. The molecule has 1 aliphatic rings. The number of carbonyl (C=O) groups is 1. The predicted molar refractivity (Wildman–Crippen MR) is 150 cm³/mol. The van der Waals surface area contributed by atoms with E-state index in [1.54, 1.807) is 19.2 Å². The number of halogens is 1. The quantitative estimate of drug-likeness (QED) is 0.303. The van der Waals surface area contributed by atoms with Crippen molar-refractivity contribution in [1.82, 2.24) is 14.4 Å². The highest BCUT2D eigenvalue weighted by Gasteiger charge is 2.27. The number of methoxy groups -OCH3 is 1. The van der Waals surface area contributed by atoms with Crippen molar-refractivity contribution in [3.63, 3.8) is 0 Å². The van der Waals surface area contributed by atoms with Gasteiger partial charge >= 0.3 is 0 Å². The van der Waals surface area contributed by atoms with Crippen molar-refractivity contribution in [2.75, 3.05) is 39.8 Å². The largest absolute Gasteiger partial charge is 0.497 e. The second-order valence-electron chi connectivity index (χ2n) is 9.45. The molecule has 6 heteroatoms. The van der Waals surface area contributed by atoms with Crippen LogP contribution >= 0.6 is 0 Å². The van der Waals surface area contributed by atoms with Gasteiger partial charge in [-0.15, -0.1) is 0 Å². The average molecular weight is 510 g/mol. The number of nitrogens with zero attached hydrogens (tertiary/aromatic N) is 3. The molecule has 38 heavy (non-hydrogen) atoms. The molecule has 2 heterocycles. The molecule has 5 rings (SSSR count). The Morgan fingerprint density at radius 1 is 0.921 bits per heavy atom. The van der Waals surface area contributed by atoms with Gasteiger partial charge in [0.2, 0.25) is 0 Å². The van der Waals surface area contributed by atoms with Gasteiger partial charge in [0.15, 0.2) is 0 Å². The van der Waals surface area contributed by atoms with Crippen LogP contribution in [0.5, 0.6) is 5.75 Å². The van der Waals surface area contributed by atoms with Crippen molar-refractivity contribution < 1.29 is 13.9 Å². The molecule has 3 aromatic carbocycles. The first kappa shape index (κ1) is 25.5. The molecular weight excluding hydrogens is 477 g/mol. The van der Waals surface area contributed by atoms with Gasteiger partial charge in [0.1, 0.15) is 11.6 Å². The number of benzene rings is 3. The topological polar surface area (TPSA) is 37.7 Å². The number of piperazine rings is 1. The van der Waals surface area contributed by atoms with Crippen LogP contribution in [-0.4, -0.2) is 60.1 Å². The van der Waals surface area contributed by atoms with Gasteiger partial charge < -0.3 is 14.2 Å². The van der Waals surface area contributed by atoms with Gasteiger partial charge in [0, 0.05) is 38.4 Å². The zero-order valence-corrected chi connectivity index (χ0v) is 21.8. The zero-order valence-electron chi connectivity index (χ0n) is 21.8. The average Bonchev–Trinajstić information content (AvgIpc) is 3.30. The lowest BCUT2D eigenvalue weighted by molar-refractivity contribution is 0.0649. The van der Waals surface area contributed by atoms with E-state index in [2.05, 4.69) is 29.2 Å². The zero-order chi connectivity index (χ0) is 26.5. The number of aromatic nitrogens is 1. The third-order valence-electron chi connectivity index (χ3n) is 7.09. The molecule has 4 aromatic rings. The van der Waals surface area contributed by atoms with Gasteiger partial charge in [0.05, 0.1) is 24.1 Å². The molecule has 194 valence electrons. The van der Waals surface area contributed by atoms with Crippen molar-refractivity contribution in [3.05, 3.63) is 114 Å². The molecule has 0 spiro atoms. The summed E-state index contributed by atoms with van der Waals surface area (Å²) < 4.78 is 22.1. The number of amides is 1. The van der Waals surface area contributed by atoms with E-state index in [0.29, 0.717) is 24.3 Å². The highest BCUT2D eigenvalue weighted by atomic mass is 19.1. The Kier molecular flexibility index (Phi) is 7.70. The lowest BCUT2D eigenvalue weighted by Crippen LogP contribution is -2.48. The third-order valence-corrected chi connectivity index (χ3v) is 7.09. The van der Waals surface area contributed by atoms with E-state index >= 15 is 0 Å². The van der Waals surface area contributed by atoms with E-state index in [-0.39, 0.29) is 11.7 Å². The smallest absolute Gasteiger partial charge is 0.255 e. The van der Waals surface area contributed by atoms with Crippen molar-refractivity contribution in [1.29, 1.82) is 0 Å². The first-order chi connectivity index (χ1) is 18.5. The minimum atomic E-state index is -0.336. The molecule has 1 amide bonds. The maximum absolute atomic E-state index is 14.9. The van der Waals surface area contributed by atoms with Crippen molar-refractivity contribution in [2.45, 2.75) is 6.92 Å². The molecule has 0 atom stereocenters. The van der Waals surface area contributed by atoms with Crippen LogP contribution in [-0.2, 0) is 0 Å².